The van der Waals surface area contributed by atoms with Crippen LogP contribution in [-0.4, -0.2) is 19.9 Å². The van der Waals surface area contributed by atoms with E-state index in [9.17, 15) is 9.00 Å². The summed E-state index contributed by atoms with van der Waals surface area (Å²) in [7, 11) is -0.962. The highest BCUT2D eigenvalue weighted by atomic mass is 32.2. The van der Waals surface area contributed by atoms with Gasteiger partial charge in [0.1, 0.15) is 5.82 Å². The Morgan fingerprint density at radius 1 is 1.04 bits per heavy atom. The fourth-order valence-electron chi connectivity index (χ4n) is 3.29. The molecule has 0 saturated carbocycles. The molecular weight excluding hydrogens is 358 g/mol. The van der Waals surface area contributed by atoms with Gasteiger partial charge in [0.15, 0.2) is 0 Å². The van der Waals surface area contributed by atoms with Crippen molar-refractivity contribution >= 4 is 22.5 Å². The quantitative estimate of drug-likeness (QED) is 0.753. The van der Waals surface area contributed by atoms with Gasteiger partial charge in [-0.3, -0.25) is 9.00 Å². The van der Waals surface area contributed by atoms with Crippen molar-refractivity contribution in [2.24, 2.45) is 0 Å². The van der Waals surface area contributed by atoms with E-state index in [-0.39, 0.29) is 5.91 Å². The average Bonchev–Trinajstić information content (AvgIpc) is 3.15. The third kappa shape index (κ3) is 3.21. The summed E-state index contributed by atoms with van der Waals surface area (Å²) in [6, 6.07) is 13.6. The van der Waals surface area contributed by atoms with E-state index in [1.807, 2.05) is 63.2 Å². The van der Waals surface area contributed by atoms with Gasteiger partial charge < -0.3 is 5.32 Å². The van der Waals surface area contributed by atoms with Crippen molar-refractivity contribution in [1.82, 2.24) is 9.78 Å². The van der Waals surface area contributed by atoms with Gasteiger partial charge >= 0.3 is 0 Å². The van der Waals surface area contributed by atoms with Crippen LogP contribution in [-0.2, 0) is 22.3 Å². The van der Waals surface area contributed by atoms with Crippen molar-refractivity contribution in [2.45, 2.75) is 32.3 Å². The fourth-order valence-corrected chi connectivity index (χ4v) is 4.56. The third-order valence-corrected chi connectivity index (χ3v) is 6.22. The van der Waals surface area contributed by atoms with Crippen LogP contribution in [0.2, 0.25) is 0 Å². The number of rotatable bonds is 3. The minimum Gasteiger partial charge on any atom is -0.306 e. The molecule has 6 heteroatoms. The normalized spacial score (nSPS) is 15.6. The maximum Gasteiger partial charge on any atom is 0.256 e. The van der Waals surface area contributed by atoms with Crippen molar-refractivity contribution < 1.29 is 9.00 Å². The Balaban J connectivity index is 1.77. The highest BCUT2D eigenvalue weighted by molar-refractivity contribution is 7.83. The molecule has 0 aliphatic carbocycles. The van der Waals surface area contributed by atoms with Crippen LogP contribution < -0.4 is 5.32 Å². The molecule has 3 aromatic rings. The van der Waals surface area contributed by atoms with Crippen molar-refractivity contribution in [2.75, 3.05) is 5.32 Å². The minimum atomic E-state index is -0.962. The number of anilines is 1. The van der Waals surface area contributed by atoms with Crippen molar-refractivity contribution in [3.05, 3.63) is 76.0 Å². The molecule has 0 spiro atoms. The zero-order valence-corrected chi connectivity index (χ0v) is 16.4. The molecule has 0 bridgehead atoms. The molecule has 4 rings (SSSR count). The summed E-state index contributed by atoms with van der Waals surface area (Å²) in [5.74, 6) is 1.28. The highest BCUT2D eigenvalue weighted by Crippen LogP contribution is 2.32. The van der Waals surface area contributed by atoms with E-state index < -0.39 is 10.8 Å². The Hall–Kier alpha value is -2.73. The highest BCUT2D eigenvalue weighted by Gasteiger charge is 2.28. The number of nitrogens with zero attached hydrogens (tertiary/aromatic N) is 2. The molecule has 1 aliphatic rings. The maximum absolute atomic E-state index is 12.9. The smallest absolute Gasteiger partial charge is 0.256 e. The summed E-state index contributed by atoms with van der Waals surface area (Å²) in [5, 5.41) is 7.69. The Labute approximate surface area is 160 Å². The van der Waals surface area contributed by atoms with Crippen LogP contribution in [0.4, 0.5) is 5.82 Å². The molecule has 27 heavy (non-hydrogen) atoms. The number of hydrogen-bond acceptors (Lipinski definition) is 3. The molecular formula is C21H21N3O2S. The van der Waals surface area contributed by atoms with E-state index in [1.165, 1.54) is 0 Å². The molecule has 1 unspecified atom stereocenters. The Morgan fingerprint density at radius 3 is 2.56 bits per heavy atom. The number of benzene rings is 2. The number of carbonyl (C=O) groups is 1. The Bertz CT molecular complexity index is 1090. The van der Waals surface area contributed by atoms with Gasteiger partial charge in [0.2, 0.25) is 0 Å². The van der Waals surface area contributed by atoms with Crippen LogP contribution in [0.5, 0.6) is 0 Å². The lowest BCUT2D eigenvalue weighted by molar-refractivity contribution is 0.102. The SMILES string of the molecule is Cc1ccc(C(=O)Nc2c3c(nn2-c2ccccc2C)CS(=O)C3)cc1C. The summed E-state index contributed by atoms with van der Waals surface area (Å²) in [5.41, 5.74) is 6.45. The minimum absolute atomic E-state index is 0.187. The molecule has 0 radical (unpaired) electrons. The lowest BCUT2D eigenvalue weighted by atomic mass is 10.1. The molecule has 1 aromatic heterocycles. The van der Waals surface area contributed by atoms with E-state index >= 15 is 0 Å². The summed E-state index contributed by atoms with van der Waals surface area (Å²) in [6.45, 7) is 6.02. The lowest BCUT2D eigenvalue weighted by Crippen LogP contribution is -2.17. The van der Waals surface area contributed by atoms with Gasteiger partial charge in [-0.15, -0.1) is 0 Å². The van der Waals surface area contributed by atoms with E-state index in [0.717, 1.165) is 33.6 Å². The second-order valence-electron chi connectivity index (χ2n) is 6.95. The van der Waals surface area contributed by atoms with Gasteiger partial charge in [0.25, 0.3) is 5.91 Å². The molecule has 1 amide bonds. The lowest BCUT2D eigenvalue weighted by Gasteiger charge is -2.13. The van der Waals surface area contributed by atoms with E-state index in [2.05, 4.69) is 10.4 Å². The summed E-state index contributed by atoms with van der Waals surface area (Å²) >= 11 is 0. The average molecular weight is 379 g/mol. The first-order valence-electron chi connectivity index (χ1n) is 8.84. The predicted molar refractivity (Wildman–Crippen MR) is 108 cm³/mol. The first-order valence-corrected chi connectivity index (χ1v) is 10.3. The molecule has 0 fully saturated rings. The first-order chi connectivity index (χ1) is 12.9. The fraction of sp³-hybridized carbons (Fsp3) is 0.238. The summed E-state index contributed by atoms with van der Waals surface area (Å²) < 4.78 is 13.8. The maximum atomic E-state index is 12.9. The molecule has 1 N–H and O–H groups in total. The van der Waals surface area contributed by atoms with E-state index in [0.29, 0.717) is 22.9 Å². The first kappa shape index (κ1) is 17.7. The van der Waals surface area contributed by atoms with Crippen LogP contribution in [0.15, 0.2) is 42.5 Å². The predicted octanol–water partition coefficient (Wildman–Crippen LogP) is 3.81. The van der Waals surface area contributed by atoms with Crippen molar-refractivity contribution in [3.8, 4) is 5.69 Å². The van der Waals surface area contributed by atoms with E-state index in [1.54, 1.807) is 4.68 Å². The number of amides is 1. The molecule has 1 atom stereocenters. The monoisotopic (exact) mass is 379 g/mol. The third-order valence-electron chi connectivity index (χ3n) is 5.01. The number of aryl methyl sites for hydroxylation is 3. The standard InChI is InChI=1S/C21H21N3O2S/c1-13-8-9-16(10-15(13)3)21(25)22-20-17-11-27(26)12-18(17)23-24(20)19-7-5-4-6-14(19)2/h4-10H,11-12H2,1-3H3,(H,22,25). The summed E-state index contributed by atoms with van der Waals surface area (Å²) in [4.78, 5) is 12.9. The van der Waals surface area contributed by atoms with Crippen LogP contribution in [0.25, 0.3) is 5.69 Å². The topological polar surface area (TPSA) is 64.0 Å². The molecule has 0 saturated heterocycles. The van der Waals surface area contributed by atoms with Crippen LogP contribution >= 0.6 is 0 Å². The van der Waals surface area contributed by atoms with Crippen LogP contribution in [0.1, 0.15) is 38.3 Å². The van der Waals surface area contributed by atoms with Gasteiger partial charge in [-0.2, -0.15) is 5.10 Å². The number of fused-ring (bicyclic) bond motifs is 1. The second kappa shape index (κ2) is 6.78. The van der Waals surface area contributed by atoms with Crippen LogP contribution in [0.3, 0.4) is 0 Å². The van der Waals surface area contributed by atoms with Gasteiger partial charge in [-0.25, -0.2) is 4.68 Å². The zero-order valence-electron chi connectivity index (χ0n) is 15.6. The van der Waals surface area contributed by atoms with Gasteiger partial charge in [-0.05, 0) is 55.7 Å². The number of carbonyl (C=O) groups excluding carboxylic acids is 1. The van der Waals surface area contributed by atoms with E-state index in [4.69, 9.17) is 0 Å². The number of para-hydroxylation sites is 1. The number of nitrogens with one attached hydrogen (secondary N) is 1. The second-order valence-corrected chi connectivity index (χ2v) is 8.41. The van der Waals surface area contributed by atoms with Crippen molar-refractivity contribution in [3.63, 3.8) is 0 Å². The molecule has 1 aliphatic heterocycles. The number of hydrogen-bond donors (Lipinski definition) is 1. The molecule has 138 valence electrons. The summed E-state index contributed by atoms with van der Waals surface area (Å²) in [6.07, 6.45) is 0. The Morgan fingerprint density at radius 2 is 1.81 bits per heavy atom. The van der Waals surface area contributed by atoms with Gasteiger partial charge in [0.05, 0.1) is 22.9 Å². The Kier molecular flexibility index (Phi) is 4.44. The molecule has 5 nitrogen and oxygen atoms in total. The number of aromatic nitrogens is 2. The zero-order chi connectivity index (χ0) is 19.1. The van der Waals surface area contributed by atoms with Crippen molar-refractivity contribution in [1.29, 1.82) is 0 Å². The molecule has 2 aromatic carbocycles. The van der Waals surface area contributed by atoms with Gasteiger partial charge in [-0.1, -0.05) is 24.3 Å². The van der Waals surface area contributed by atoms with Crippen LogP contribution in [0, 0.1) is 20.8 Å². The van der Waals surface area contributed by atoms with Gasteiger partial charge in [0, 0.05) is 21.9 Å². The molecule has 2 heterocycles. The largest absolute Gasteiger partial charge is 0.306 e.